The van der Waals surface area contributed by atoms with Crippen LogP contribution in [-0.2, 0) is 19.4 Å². The Morgan fingerprint density at radius 1 is 1.11 bits per heavy atom. The minimum atomic E-state index is -4.12. The third kappa shape index (κ3) is 5.05. The molecule has 1 amide bonds. The Labute approximate surface area is 203 Å². The lowest BCUT2D eigenvalue weighted by Crippen LogP contribution is -2.58. The first-order valence-corrected chi connectivity index (χ1v) is 12.5. The predicted molar refractivity (Wildman–Crippen MR) is 125 cm³/mol. The molecule has 2 heterocycles. The van der Waals surface area contributed by atoms with Crippen molar-refractivity contribution in [3.05, 3.63) is 61.2 Å². The molecule has 0 aliphatic carbocycles. The van der Waals surface area contributed by atoms with Crippen molar-refractivity contribution in [2.45, 2.75) is 22.5 Å². The second-order valence-electron chi connectivity index (χ2n) is 8.08. The number of amides is 1. The van der Waals surface area contributed by atoms with Gasteiger partial charge in [0, 0.05) is 7.11 Å². The zero-order chi connectivity index (χ0) is 24.9. The molecule has 0 bridgehead atoms. The van der Waals surface area contributed by atoms with Gasteiger partial charge in [-0.05, 0) is 74.5 Å². The number of nitrogens with one attached hydrogen (secondary N) is 1. The van der Waals surface area contributed by atoms with E-state index in [0.29, 0.717) is 29.7 Å². The molecule has 11 nitrogen and oxygen atoms in total. The van der Waals surface area contributed by atoms with Crippen LogP contribution in [0.2, 0.25) is 0 Å². The Morgan fingerprint density at radius 2 is 1.74 bits per heavy atom. The van der Waals surface area contributed by atoms with Gasteiger partial charge in [0.1, 0.15) is 24.2 Å². The number of methoxy groups -OCH3 is 1. The maximum atomic E-state index is 13.7. The first-order valence-electron chi connectivity index (χ1n) is 11.1. The van der Waals surface area contributed by atoms with Gasteiger partial charge in [-0.15, -0.1) is 0 Å². The van der Waals surface area contributed by atoms with Crippen LogP contribution in [-0.4, -0.2) is 77.5 Å². The van der Waals surface area contributed by atoms with Gasteiger partial charge in [-0.3, -0.25) is 10.0 Å². The van der Waals surface area contributed by atoms with E-state index in [0.717, 1.165) is 5.69 Å². The van der Waals surface area contributed by atoms with Gasteiger partial charge in [0.2, 0.25) is 0 Å². The molecule has 4 rings (SSSR count). The molecule has 2 aromatic carbocycles. The van der Waals surface area contributed by atoms with Crippen LogP contribution in [0.4, 0.5) is 0 Å². The molecule has 1 aliphatic heterocycles. The van der Waals surface area contributed by atoms with Gasteiger partial charge in [-0.25, -0.2) is 23.1 Å². The van der Waals surface area contributed by atoms with Crippen molar-refractivity contribution in [2.24, 2.45) is 0 Å². The summed E-state index contributed by atoms with van der Waals surface area (Å²) in [5, 5.41) is 17.9. The number of rotatable bonds is 9. The summed E-state index contributed by atoms with van der Waals surface area (Å²) in [4.78, 5) is 17.0. The van der Waals surface area contributed by atoms with E-state index in [4.69, 9.17) is 9.47 Å². The fraction of sp³-hybridized carbons (Fsp3) is 0.348. The van der Waals surface area contributed by atoms with Gasteiger partial charge >= 0.3 is 0 Å². The Hall–Kier alpha value is -3.32. The van der Waals surface area contributed by atoms with Crippen LogP contribution in [0.3, 0.4) is 0 Å². The molecular formula is C23H27N5O6S. The number of hydroxylamine groups is 2. The van der Waals surface area contributed by atoms with Crippen LogP contribution < -0.4 is 10.1 Å². The number of ether oxygens (including phenoxy) is 2. The van der Waals surface area contributed by atoms with Crippen LogP contribution in [0.5, 0.6) is 11.5 Å². The highest BCUT2D eigenvalue weighted by Crippen LogP contribution is 2.36. The van der Waals surface area contributed by atoms with Crippen LogP contribution in [0.1, 0.15) is 12.8 Å². The molecule has 0 radical (unpaired) electrons. The molecule has 35 heavy (non-hydrogen) atoms. The molecule has 12 heteroatoms. The number of nitrogens with zero attached hydrogens (tertiary/aromatic N) is 4. The number of carbonyl (C=O) groups is 1. The third-order valence-electron chi connectivity index (χ3n) is 5.95. The molecule has 0 unspecified atom stereocenters. The molecular weight excluding hydrogens is 474 g/mol. The lowest BCUT2D eigenvalue weighted by Gasteiger charge is -2.37. The van der Waals surface area contributed by atoms with E-state index in [1.54, 1.807) is 35.3 Å². The van der Waals surface area contributed by atoms with Crippen LogP contribution >= 0.6 is 0 Å². The molecule has 0 saturated carbocycles. The van der Waals surface area contributed by atoms with Gasteiger partial charge in [0.05, 0.1) is 23.7 Å². The fourth-order valence-corrected chi connectivity index (χ4v) is 6.02. The second-order valence-corrected chi connectivity index (χ2v) is 10.3. The van der Waals surface area contributed by atoms with Crippen molar-refractivity contribution in [3.8, 4) is 17.2 Å². The highest BCUT2D eigenvalue weighted by atomic mass is 32.2. The quantitative estimate of drug-likeness (QED) is 0.332. The van der Waals surface area contributed by atoms with E-state index in [1.807, 2.05) is 12.1 Å². The van der Waals surface area contributed by atoms with Crippen molar-refractivity contribution < 1.29 is 27.9 Å². The number of sulfone groups is 1. The van der Waals surface area contributed by atoms with E-state index in [1.165, 1.54) is 25.6 Å². The Morgan fingerprint density at radius 3 is 2.31 bits per heavy atom. The normalized spacial score (nSPS) is 15.5. The largest absolute Gasteiger partial charge is 0.457 e. The minimum Gasteiger partial charge on any atom is -0.457 e. The summed E-state index contributed by atoms with van der Waals surface area (Å²) in [7, 11) is -2.68. The minimum absolute atomic E-state index is 0.0122. The van der Waals surface area contributed by atoms with E-state index >= 15 is 0 Å². The monoisotopic (exact) mass is 501 g/mol. The zero-order valence-electron chi connectivity index (χ0n) is 19.2. The zero-order valence-corrected chi connectivity index (χ0v) is 20.0. The summed E-state index contributed by atoms with van der Waals surface area (Å²) in [5.41, 5.74) is 0.816. The first-order chi connectivity index (χ1) is 16.9. The standard InChI is InChI=1S/C23H27N5O6S/c1-33-15-14-28(30)22(29)23(10-12-24-13-11-23)35(31,32)21-8-6-20(7-9-21)34-19-4-2-18(3-5-19)27-17-25-16-26-27/h2-9,16-17,24,30H,10-15H2,1H3. The maximum absolute atomic E-state index is 13.7. The molecule has 186 valence electrons. The van der Waals surface area contributed by atoms with Crippen molar-refractivity contribution in [3.63, 3.8) is 0 Å². The number of hydrogen-bond donors (Lipinski definition) is 2. The molecule has 1 aliphatic rings. The molecule has 2 N–H and O–H groups in total. The van der Waals surface area contributed by atoms with Crippen molar-refractivity contribution in [1.29, 1.82) is 0 Å². The lowest BCUT2D eigenvalue weighted by atomic mass is 9.95. The Balaban J connectivity index is 1.53. The lowest BCUT2D eigenvalue weighted by molar-refractivity contribution is -0.171. The van der Waals surface area contributed by atoms with E-state index < -0.39 is 20.5 Å². The summed E-state index contributed by atoms with van der Waals surface area (Å²) in [6.45, 7) is 0.648. The fourth-order valence-electron chi connectivity index (χ4n) is 4.00. The van der Waals surface area contributed by atoms with Gasteiger partial charge in [0.15, 0.2) is 14.6 Å². The van der Waals surface area contributed by atoms with E-state index in [2.05, 4.69) is 15.4 Å². The highest BCUT2D eigenvalue weighted by molar-refractivity contribution is 7.93. The summed E-state index contributed by atoms with van der Waals surface area (Å²) >= 11 is 0. The van der Waals surface area contributed by atoms with Gasteiger partial charge in [0.25, 0.3) is 5.91 Å². The Kier molecular flexibility index (Phi) is 7.45. The number of piperidine rings is 1. The number of hydrogen-bond acceptors (Lipinski definition) is 9. The van der Waals surface area contributed by atoms with Gasteiger partial charge in [-0.1, -0.05) is 0 Å². The summed E-state index contributed by atoms with van der Waals surface area (Å²) in [6.07, 6.45) is 3.13. The molecule has 1 aromatic heterocycles. The SMILES string of the molecule is COCCN(O)C(=O)C1(S(=O)(=O)c2ccc(Oc3ccc(-n4cncn4)cc3)cc2)CCNCC1. The topological polar surface area (TPSA) is 136 Å². The highest BCUT2D eigenvalue weighted by Gasteiger charge is 2.53. The van der Waals surface area contributed by atoms with Crippen LogP contribution in [0.15, 0.2) is 66.1 Å². The second kappa shape index (κ2) is 10.5. The summed E-state index contributed by atoms with van der Waals surface area (Å²) < 4.78 is 37.9. The average Bonchev–Trinajstić information content (AvgIpc) is 3.43. The molecule has 0 atom stereocenters. The van der Waals surface area contributed by atoms with Crippen molar-refractivity contribution in [1.82, 2.24) is 25.1 Å². The van der Waals surface area contributed by atoms with Crippen molar-refractivity contribution >= 4 is 15.7 Å². The smallest absolute Gasteiger partial charge is 0.267 e. The average molecular weight is 502 g/mol. The predicted octanol–water partition coefficient (Wildman–Crippen LogP) is 1.82. The first kappa shape index (κ1) is 24.8. The van der Waals surface area contributed by atoms with E-state index in [9.17, 15) is 18.4 Å². The maximum Gasteiger partial charge on any atom is 0.267 e. The van der Waals surface area contributed by atoms with Gasteiger partial charge in [-0.2, -0.15) is 5.10 Å². The molecule has 1 fully saturated rings. The summed E-state index contributed by atoms with van der Waals surface area (Å²) in [6, 6.07) is 13.1. The molecule has 1 saturated heterocycles. The Bertz CT molecular complexity index is 1220. The van der Waals surface area contributed by atoms with E-state index in [-0.39, 0.29) is 30.9 Å². The number of carbonyl (C=O) groups excluding carboxylic acids is 1. The van der Waals surface area contributed by atoms with Gasteiger partial charge < -0.3 is 14.8 Å². The molecule has 0 spiro atoms. The number of aromatic nitrogens is 3. The van der Waals surface area contributed by atoms with Crippen LogP contribution in [0, 0.1) is 0 Å². The summed E-state index contributed by atoms with van der Waals surface area (Å²) in [5.74, 6) is 0.152. The molecule has 3 aromatic rings. The number of benzene rings is 2. The van der Waals surface area contributed by atoms with Crippen molar-refractivity contribution in [2.75, 3.05) is 33.4 Å². The third-order valence-corrected chi connectivity index (χ3v) is 8.45. The van der Waals surface area contributed by atoms with Crippen LogP contribution in [0.25, 0.3) is 5.69 Å².